The van der Waals surface area contributed by atoms with Crippen LogP contribution in [0.15, 0.2) is 18.2 Å². The van der Waals surface area contributed by atoms with Crippen LogP contribution in [0.3, 0.4) is 0 Å². The lowest BCUT2D eigenvalue weighted by Crippen LogP contribution is -2.15. The van der Waals surface area contributed by atoms with E-state index in [0.717, 1.165) is 11.5 Å². The average molecular weight is 305 g/mol. The monoisotopic (exact) mass is 305 g/mol. The minimum atomic E-state index is -4.65. The SMILES string of the molecule is Cc1nsc(NC(=O)c2cc(C(F)(F)F)ccc2F)n1. The second kappa shape index (κ2) is 5.16. The predicted octanol–water partition coefficient (Wildman–Crippen LogP) is 3.26. The molecule has 0 aliphatic rings. The molecule has 0 aliphatic heterocycles. The Hall–Kier alpha value is -2.03. The summed E-state index contributed by atoms with van der Waals surface area (Å²) in [6.45, 7) is 1.58. The number of halogens is 4. The third-order valence-electron chi connectivity index (χ3n) is 2.29. The molecule has 0 fully saturated rings. The molecule has 20 heavy (non-hydrogen) atoms. The van der Waals surface area contributed by atoms with Crippen LogP contribution in [-0.2, 0) is 6.18 Å². The van der Waals surface area contributed by atoms with Gasteiger partial charge >= 0.3 is 6.18 Å². The summed E-state index contributed by atoms with van der Waals surface area (Å²) in [5.41, 5.74) is -1.80. The second-order valence-electron chi connectivity index (χ2n) is 3.79. The van der Waals surface area contributed by atoms with E-state index in [9.17, 15) is 22.4 Å². The zero-order valence-electron chi connectivity index (χ0n) is 9.95. The molecule has 1 heterocycles. The summed E-state index contributed by atoms with van der Waals surface area (Å²) < 4.78 is 54.8. The maximum Gasteiger partial charge on any atom is 0.416 e. The quantitative estimate of drug-likeness (QED) is 0.867. The number of rotatable bonds is 2. The van der Waals surface area contributed by atoms with Crippen molar-refractivity contribution in [1.82, 2.24) is 9.36 Å². The Bertz CT molecular complexity index is 653. The van der Waals surface area contributed by atoms with Gasteiger partial charge in [-0.05, 0) is 25.1 Å². The molecule has 9 heteroatoms. The summed E-state index contributed by atoms with van der Waals surface area (Å²) in [6, 6.07) is 1.63. The number of carbonyl (C=O) groups is 1. The number of hydrogen-bond donors (Lipinski definition) is 1. The Kier molecular flexibility index (Phi) is 3.71. The van der Waals surface area contributed by atoms with Crippen molar-refractivity contribution in [2.75, 3.05) is 5.32 Å². The van der Waals surface area contributed by atoms with Gasteiger partial charge in [0.05, 0.1) is 11.1 Å². The molecule has 2 aromatic rings. The molecule has 2 rings (SSSR count). The molecule has 4 nitrogen and oxygen atoms in total. The lowest BCUT2D eigenvalue weighted by atomic mass is 10.1. The fraction of sp³-hybridized carbons (Fsp3) is 0.182. The number of anilines is 1. The van der Waals surface area contributed by atoms with Gasteiger partial charge in [0.1, 0.15) is 11.6 Å². The molecule has 1 aromatic carbocycles. The first kappa shape index (κ1) is 14.4. The first-order valence-corrected chi connectivity index (χ1v) is 6.03. The van der Waals surface area contributed by atoms with Crippen molar-refractivity contribution in [3.63, 3.8) is 0 Å². The molecular weight excluding hydrogens is 298 g/mol. The maximum atomic E-state index is 13.5. The van der Waals surface area contributed by atoms with Gasteiger partial charge in [-0.2, -0.15) is 17.5 Å². The van der Waals surface area contributed by atoms with Crippen molar-refractivity contribution in [3.8, 4) is 0 Å². The van der Waals surface area contributed by atoms with Gasteiger partial charge in [-0.15, -0.1) is 0 Å². The fourth-order valence-corrected chi connectivity index (χ4v) is 1.96. The Morgan fingerprint density at radius 2 is 2.05 bits per heavy atom. The summed E-state index contributed by atoms with van der Waals surface area (Å²) in [7, 11) is 0. The molecule has 0 saturated carbocycles. The van der Waals surface area contributed by atoms with Crippen LogP contribution in [-0.4, -0.2) is 15.3 Å². The largest absolute Gasteiger partial charge is 0.416 e. The third kappa shape index (κ3) is 3.10. The molecule has 106 valence electrons. The van der Waals surface area contributed by atoms with Gasteiger partial charge in [-0.25, -0.2) is 9.37 Å². The highest BCUT2D eigenvalue weighted by atomic mass is 32.1. The van der Waals surface area contributed by atoms with Gasteiger partial charge < -0.3 is 0 Å². The third-order valence-corrected chi connectivity index (χ3v) is 3.01. The summed E-state index contributed by atoms with van der Waals surface area (Å²) in [6.07, 6.45) is -4.65. The van der Waals surface area contributed by atoms with Crippen molar-refractivity contribution in [1.29, 1.82) is 0 Å². The minimum Gasteiger partial charge on any atom is -0.296 e. The second-order valence-corrected chi connectivity index (χ2v) is 4.55. The number of nitrogens with one attached hydrogen (secondary N) is 1. The highest BCUT2D eigenvalue weighted by Gasteiger charge is 2.32. The summed E-state index contributed by atoms with van der Waals surface area (Å²) in [5, 5.41) is 2.28. The maximum absolute atomic E-state index is 13.5. The topological polar surface area (TPSA) is 54.9 Å². The van der Waals surface area contributed by atoms with E-state index in [0.29, 0.717) is 24.0 Å². The van der Waals surface area contributed by atoms with Crippen LogP contribution in [0.2, 0.25) is 0 Å². The predicted molar refractivity (Wildman–Crippen MR) is 64.0 cm³/mol. The van der Waals surface area contributed by atoms with E-state index in [1.54, 1.807) is 6.92 Å². The highest BCUT2D eigenvalue weighted by molar-refractivity contribution is 7.09. The molecule has 0 aliphatic carbocycles. The summed E-state index contributed by atoms with van der Waals surface area (Å²) in [5.74, 6) is -1.66. The van der Waals surface area contributed by atoms with E-state index in [4.69, 9.17) is 0 Å². The van der Waals surface area contributed by atoms with Crippen molar-refractivity contribution in [2.24, 2.45) is 0 Å². The molecule has 1 aromatic heterocycles. The fourth-order valence-electron chi connectivity index (χ4n) is 1.39. The van der Waals surface area contributed by atoms with E-state index in [1.807, 2.05) is 0 Å². The van der Waals surface area contributed by atoms with Gasteiger partial charge in [0, 0.05) is 11.5 Å². The Morgan fingerprint density at radius 3 is 2.60 bits per heavy atom. The molecule has 0 atom stereocenters. The molecule has 0 unspecified atom stereocenters. The molecule has 0 saturated heterocycles. The summed E-state index contributed by atoms with van der Waals surface area (Å²) >= 11 is 0.850. The molecule has 0 radical (unpaired) electrons. The number of alkyl halides is 3. The number of benzene rings is 1. The number of hydrogen-bond acceptors (Lipinski definition) is 4. The van der Waals surface area contributed by atoms with Crippen molar-refractivity contribution in [3.05, 3.63) is 41.0 Å². The van der Waals surface area contributed by atoms with Gasteiger partial charge in [0.15, 0.2) is 0 Å². The lowest BCUT2D eigenvalue weighted by Gasteiger charge is -2.09. The Balaban J connectivity index is 2.29. The van der Waals surface area contributed by atoms with Crippen molar-refractivity contribution >= 4 is 22.6 Å². The van der Waals surface area contributed by atoms with Crippen LogP contribution in [0, 0.1) is 12.7 Å². The van der Waals surface area contributed by atoms with Crippen LogP contribution in [0.25, 0.3) is 0 Å². The van der Waals surface area contributed by atoms with Crippen LogP contribution in [0.1, 0.15) is 21.7 Å². The van der Waals surface area contributed by atoms with Crippen LogP contribution >= 0.6 is 11.5 Å². The summed E-state index contributed by atoms with van der Waals surface area (Å²) in [4.78, 5) is 15.6. The lowest BCUT2D eigenvalue weighted by molar-refractivity contribution is -0.137. The Morgan fingerprint density at radius 1 is 1.35 bits per heavy atom. The first-order chi connectivity index (χ1) is 9.27. The molecule has 1 N–H and O–H groups in total. The van der Waals surface area contributed by atoms with Crippen molar-refractivity contribution in [2.45, 2.75) is 13.1 Å². The van der Waals surface area contributed by atoms with E-state index < -0.39 is 29.0 Å². The normalized spacial score (nSPS) is 11.4. The molecule has 0 bridgehead atoms. The standard InChI is InChI=1S/C11H7F4N3OS/c1-5-16-10(20-18-5)17-9(19)7-4-6(11(13,14)15)2-3-8(7)12/h2-4H,1H3,(H,16,17,18,19). The smallest absolute Gasteiger partial charge is 0.296 e. The highest BCUT2D eigenvalue weighted by Crippen LogP contribution is 2.30. The zero-order chi connectivity index (χ0) is 14.9. The van der Waals surface area contributed by atoms with Crippen LogP contribution in [0.5, 0.6) is 0 Å². The number of nitrogens with zero attached hydrogens (tertiary/aromatic N) is 2. The molecule has 0 spiro atoms. The minimum absolute atomic E-state index is 0.0873. The van der Waals surface area contributed by atoms with E-state index >= 15 is 0 Å². The van der Waals surface area contributed by atoms with Crippen molar-refractivity contribution < 1.29 is 22.4 Å². The number of amides is 1. The first-order valence-electron chi connectivity index (χ1n) is 5.26. The van der Waals surface area contributed by atoms with Gasteiger partial charge in [-0.3, -0.25) is 10.1 Å². The molecule has 1 amide bonds. The van der Waals surface area contributed by atoms with Gasteiger partial charge in [0.2, 0.25) is 5.13 Å². The number of aryl methyl sites for hydroxylation is 1. The Labute approximate surface area is 114 Å². The van der Waals surface area contributed by atoms with E-state index in [-0.39, 0.29) is 5.13 Å². The van der Waals surface area contributed by atoms with Crippen LogP contribution < -0.4 is 5.32 Å². The molecular formula is C11H7F4N3OS. The van der Waals surface area contributed by atoms with Crippen LogP contribution in [0.4, 0.5) is 22.7 Å². The van der Waals surface area contributed by atoms with Gasteiger partial charge in [-0.1, -0.05) is 0 Å². The number of aromatic nitrogens is 2. The number of carbonyl (C=O) groups excluding carboxylic acids is 1. The zero-order valence-corrected chi connectivity index (χ0v) is 10.8. The van der Waals surface area contributed by atoms with E-state index in [2.05, 4.69) is 14.7 Å². The van der Waals surface area contributed by atoms with Gasteiger partial charge in [0.25, 0.3) is 5.91 Å². The van der Waals surface area contributed by atoms with E-state index in [1.165, 1.54) is 0 Å². The average Bonchev–Trinajstić information content (AvgIpc) is 2.73.